The number of aliphatic imine (C=N–C) groups is 1. The molecule has 1 aromatic carbocycles. The van der Waals surface area contributed by atoms with E-state index in [-0.39, 0.29) is 0 Å². The van der Waals surface area contributed by atoms with Crippen LogP contribution in [0, 0.1) is 0 Å². The van der Waals surface area contributed by atoms with Gasteiger partial charge < -0.3 is 19.9 Å². The molecule has 2 heterocycles. The molecule has 0 aliphatic carbocycles. The summed E-state index contributed by atoms with van der Waals surface area (Å²) >= 11 is 0. The smallest absolute Gasteiger partial charge is 0.191 e. The van der Waals surface area contributed by atoms with Crippen LogP contribution >= 0.6 is 0 Å². The lowest BCUT2D eigenvalue weighted by Gasteiger charge is -2.12. The van der Waals surface area contributed by atoms with E-state index in [4.69, 9.17) is 4.74 Å². The summed E-state index contributed by atoms with van der Waals surface area (Å²) in [6.45, 7) is 6.33. The Labute approximate surface area is 143 Å². The molecule has 5 nitrogen and oxygen atoms in total. The quantitative estimate of drug-likeness (QED) is 0.606. The van der Waals surface area contributed by atoms with Gasteiger partial charge >= 0.3 is 0 Å². The topological polar surface area (TPSA) is 50.6 Å². The van der Waals surface area contributed by atoms with Gasteiger partial charge in [0.2, 0.25) is 0 Å². The van der Waals surface area contributed by atoms with Crippen molar-refractivity contribution in [3.05, 3.63) is 53.9 Å². The molecular formula is C19H26N4O. The highest BCUT2D eigenvalue weighted by Crippen LogP contribution is 2.25. The second-order valence-corrected chi connectivity index (χ2v) is 5.90. The molecule has 0 radical (unpaired) electrons. The van der Waals surface area contributed by atoms with E-state index in [0.29, 0.717) is 0 Å². The van der Waals surface area contributed by atoms with Gasteiger partial charge in [0.15, 0.2) is 5.96 Å². The SMILES string of the molecule is CCNC(=NCCc1ccc2c(c1)CCO2)NCCn1cccc1. The second-order valence-electron chi connectivity index (χ2n) is 5.90. The molecule has 0 saturated heterocycles. The predicted molar refractivity (Wildman–Crippen MR) is 97.8 cm³/mol. The molecule has 3 rings (SSSR count). The Morgan fingerprint density at radius 2 is 2.12 bits per heavy atom. The summed E-state index contributed by atoms with van der Waals surface area (Å²) in [6, 6.07) is 10.6. The molecule has 5 heteroatoms. The van der Waals surface area contributed by atoms with Crippen LogP contribution in [0.15, 0.2) is 47.7 Å². The average Bonchev–Trinajstić information content (AvgIpc) is 3.25. The first-order valence-corrected chi connectivity index (χ1v) is 8.72. The van der Waals surface area contributed by atoms with Crippen LogP contribution in [0.5, 0.6) is 5.75 Å². The molecule has 24 heavy (non-hydrogen) atoms. The molecular weight excluding hydrogens is 300 g/mol. The third kappa shape index (κ3) is 4.54. The third-order valence-corrected chi connectivity index (χ3v) is 4.10. The summed E-state index contributed by atoms with van der Waals surface area (Å²) in [5, 5.41) is 6.69. The molecule has 0 saturated carbocycles. The highest BCUT2D eigenvalue weighted by Gasteiger charge is 2.11. The van der Waals surface area contributed by atoms with E-state index in [0.717, 1.165) is 57.3 Å². The average molecular weight is 326 g/mol. The van der Waals surface area contributed by atoms with Gasteiger partial charge in [-0.25, -0.2) is 0 Å². The van der Waals surface area contributed by atoms with Gasteiger partial charge in [-0.05, 0) is 42.7 Å². The molecule has 0 unspecified atom stereocenters. The number of hydrogen-bond acceptors (Lipinski definition) is 2. The van der Waals surface area contributed by atoms with E-state index in [2.05, 4.69) is 57.7 Å². The fourth-order valence-corrected chi connectivity index (χ4v) is 2.86. The van der Waals surface area contributed by atoms with Gasteiger partial charge in [0, 0.05) is 45.0 Å². The Kier molecular flexibility index (Phi) is 5.77. The number of rotatable bonds is 7. The van der Waals surface area contributed by atoms with Crippen LogP contribution in [0.4, 0.5) is 0 Å². The summed E-state index contributed by atoms with van der Waals surface area (Å²) in [5.74, 6) is 1.93. The Bertz CT molecular complexity index is 664. The van der Waals surface area contributed by atoms with E-state index in [1.165, 1.54) is 11.1 Å². The molecule has 0 spiro atoms. The van der Waals surface area contributed by atoms with Crippen molar-refractivity contribution in [1.29, 1.82) is 0 Å². The zero-order chi connectivity index (χ0) is 16.6. The van der Waals surface area contributed by atoms with Crippen LogP contribution in [0.2, 0.25) is 0 Å². The van der Waals surface area contributed by atoms with Crippen molar-refractivity contribution < 1.29 is 4.74 Å². The molecule has 2 aromatic rings. The maximum atomic E-state index is 5.55. The van der Waals surface area contributed by atoms with Crippen molar-refractivity contribution >= 4 is 5.96 Å². The highest BCUT2D eigenvalue weighted by molar-refractivity contribution is 5.79. The largest absolute Gasteiger partial charge is 0.493 e. The van der Waals surface area contributed by atoms with Crippen LogP contribution < -0.4 is 15.4 Å². The van der Waals surface area contributed by atoms with Gasteiger partial charge in [0.25, 0.3) is 0 Å². The normalized spacial score (nSPS) is 13.5. The Morgan fingerprint density at radius 3 is 2.96 bits per heavy atom. The van der Waals surface area contributed by atoms with E-state index >= 15 is 0 Å². The van der Waals surface area contributed by atoms with Gasteiger partial charge in [-0.15, -0.1) is 0 Å². The number of aromatic nitrogens is 1. The maximum absolute atomic E-state index is 5.55. The maximum Gasteiger partial charge on any atom is 0.191 e. The summed E-state index contributed by atoms with van der Waals surface area (Å²) < 4.78 is 7.71. The van der Waals surface area contributed by atoms with Crippen LogP contribution in [0.3, 0.4) is 0 Å². The molecule has 0 atom stereocenters. The molecule has 128 valence electrons. The van der Waals surface area contributed by atoms with Gasteiger partial charge in [-0.1, -0.05) is 12.1 Å². The number of hydrogen-bond donors (Lipinski definition) is 2. The first kappa shape index (κ1) is 16.4. The zero-order valence-corrected chi connectivity index (χ0v) is 14.3. The van der Waals surface area contributed by atoms with Crippen molar-refractivity contribution in [2.24, 2.45) is 4.99 Å². The van der Waals surface area contributed by atoms with Crippen LogP contribution in [-0.4, -0.2) is 36.8 Å². The number of ether oxygens (including phenoxy) is 1. The lowest BCUT2D eigenvalue weighted by Crippen LogP contribution is -2.39. The number of benzene rings is 1. The fourth-order valence-electron chi connectivity index (χ4n) is 2.86. The zero-order valence-electron chi connectivity index (χ0n) is 14.3. The van der Waals surface area contributed by atoms with Gasteiger partial charge in [-0.2, -0.15) is 0 Å². The minimum Gasteiger partial charge on any atom is -0.493 e. The van der Waals surface area contributed by atoms with Crippen LogP contribution in [0.1, 0.15) is 18.1 Å². The van der Waals surface area contributed by atoms with Crippen LogP contribution in [-0.2, 0) is 19.4 Å². The lowest BCUT2D eigenvalue weighted by molar-refractivity contribution is 0.357. The summed E-state index contributed by atoms with van der Waals surface area (Å²) in [7, 11) is 0. The van der Waals surface area contributed by atoms with Crippen LogP contribution in [0.25, 0.3) is 0 Å². The standard InChI is InChI=1S/C19H26N4O/c1-2-20-19(22-10-13-23-11-3-4-12-23)21-9-7-16-5-6-18-17(15-16)8-14-24-18/h3-6,11-12,15H,2,7-10,13-14H2,1H3,(H2,20,21,22). The van der Waals surface area contributed by atoms with E-state index in [9.17, 15) is 0 Å². The third-order valence-electron chi connectivity index (χ3n) is 4.10. The fraction of sp³-hybridized carbons (Fsp3) is 0.421. The van der Waals surface area contributed by atoms with E-state index in [1.54, 1.807) is 0 Å². The molecule has 1 aliphatic rings. The Morgan fingerprint density at radius 1 is 1.25 bits per heavy atom. The number of nitrogens with one attached hydrogen (secondary N) is 2. The van der Waals surface area contributed by atoms with Crippen molar-refractivity contribution in [2.45, 2.75) is 26.3 Å². The highest BCUT2D eigenvalue weighted by atomic mass is 16.5. The van der Waals surface area contributed by atoms with Crippen molar-refractivity contribution in [3.8, 4) is 5.75 Å². The Balaban J connectivity index is 1.48. The molecule has 1 aromatic heterocycles. The van der Waals surface area contributed by atoms with Gasteiger partial charge in [-0.3, -0.25) is 4.99 Å². The number of fused-ring (bicyclic) bond motifs is 1. The van der Waals surface area contributed by atoms with Crippen molar-refractivity contribution in [2.75, 3.05) is 26.2 Å². The lowest BCUT2D eigenvalue weighted by atomic mass is 10.1. The van der Waals surface area contributed by atoms with Gasteiger partial charge in [0.1, 0.15) is 5.75 Å². The summed E-state index contributed by atoms with van der Waals surface area (Å²) in [5.41, 5.74) is 2.65. The first-order chi connectivity index (χ1) is 11.8. The van der Waals surface area contributed by atoms with Gasteiger partial charge in [0.05, 0.1) is 6.61 Å². The van der Waals surface area contributed by atoms with Crippen molar-refractivity contribution in [1.82, 2.24) is 15.2 Å². The second kappa shape index (κ2) is 8.43. The minimum atomic E-state index is 0.776. The van der Waals surface area contributed by atoms with E-state index in [1.807, 2.05) is 12.1 Å². The molecule has 0 amide bonds. The minimum absolute atomic E-state index is 0.776. The van der Waals surface area contributed by atoms with E-state index < -0.39 is 0 Å². The first-order valence-electron chi connectivity index (χ1n) is 8.72. The molecule has 0 bridgehead atoms. The predicted octanol–water partition coefficient (Wildman–Crippen LogP) is 2.22. The molecule has 2 N–H and O–H groups in total. The molecule has 1 aliphatic heterocycles. The number of guanidine groups is 1. The summed E-state index contributed by atoms with van der Waals surface area (Å²) in [6.07, 6.45) is 6.12. The van der Waals surface area contributed by atoms with Crippen molar-refractivity contribution in [3.63, 3.8) is 0 Å². The summed E-state index contributed by atoms with van der Waals surface area (Å²) in [4.78, 5) is 4.68. The number of nitrogens with zero attached hydrogens (tertiary/aromatic N) is 2. The molecule has 0 fully saturated rings. The Hall–Kier alpha value is -2.43. The monoisotopic (exact) mass is 326 g/mol.